The third kappa shape index (κ3) is 6.26. The zero-order chi connectivity index (χ0) is 26.4. The molecule has 0 heterocycles. The number of carbonyl (C=O) groups is 1. The molecule has 1 N–H and O–H groups in total. The number of anilines is 1. The Labute approximate surface area is 221 Å². The maximum atomic E-state index is 12.7. The minimum absolute atomic E-state index is 0.0642. The lowest BCUT2D eigenvalue weighted by Crippen LogP contribution is -2.14. The summed E-state index contributed by atoms with van der Waals surface area (Å²) in [5.74, 6) is -0.210. The number of non-ortho nitro benzene ring substituents is 1. The van der Waals surface area contributed by atoms with Gasteiger partial charge in [0.2, 0.25) is 0 Å². The van der Waals surface area contributed by atoms with Crippen molar-refractivity contribution in [3.05, 3.63) is 96.0 Å². The predicted molar refractivity (Wildman–Crippen MR) is 139 cm³/mol. The Hall–Kier alpha value is -3.77. The van der Waals surface area contributed by atoms with Crippen LogP contribution in [0.4, 0.5) is 11.4 Å². The first-order valence-electron chi connectivity index (χ1n) is 10.3. The molecule has 8 nitrogen and oxygen atoms in total. The van der Waals surface area contributed by atoms with Crippen LogP contribution in [0.1, 0.15) is 16.7 Å². The molecule has 3 aromatic rings. The van der Waals surface area contributed by atoms with Gasteiger partial charge in [0, 0.05) is 12.1 Å². The van der Waals surface area contributed by atoms with E-state index in [1.807, 2.05) is 31.2 Å². The lowest BCUT2D eigenvalue weighted by molar-refractivity contribution is -0.384. The Morgan fingerprint density at radius 2 is 1.81 bits per heavy atom. The van der Waals surface area contributed by atoms with E-state index in [1.54, 1.807) is 12.1 Å². The maximum absolute atomic E-state index is 12.7. The van der Waals surface area contributed by atoms with Crippen molar-refractivity contribution < 1.29 is 19.2 Å². The van der Waals surface area contributed by atoms with E-state index in [0.29, 0.717) is 17.1 Å². The Morgan fingerprint density at radius 3 is 2.39 bits per heavy atom. The minimum atomic E-state index is -0.829. The SMILES string of the molecule is COc1cc(/C=C(\C#N)C(=O)Nc2c(Cl)cc([N+](=O)[O-])cc2Cl)cc(Cl)c1OCc1ccccc1C. The summed E-state index contributed by atoms with van der Waals surface area (Å²) in [5.41, 5.74) is 1.73. The molecule has 0 aliphatic heterocycles. The number of ether oxygens (including phenoxy) is 2. The average Bonchev–Trinajstić information content (AvgIpc) is 2.84. The number of methoxy groups -OCH3 is 1. The minimum Gasteiger partial charge on any atom is -0.493 e. The second-order valence-corrected chi connectivity index (χ2v) is 8.64. The molecule has 0 unspecified atom stereocenters. The Kier molecular flexibility index (Phi) is 8.78. The second kappa shape index (κ2) is 11.8. The number of amides is 1. The summed E-state index contributed by atoms with van der Waals surface area (Å²) in [4.78, 5) is 23.0. The smallest absolute Gasteiger partial charge is 0.272 e. The molecule has 36 heavy (non-hydrogen) atoms. The highest BCUT2D eigenvalue weighted by molar-refractivity contribution is 6.40. The standard InChI is InChI=1S/C25H18Cl3N3O5/c1-14-5-3-4-6-16(14)13-36-24-21(28)8-15(9-22(24)35-2)7-17(12-29)25(32)30-23-19(26)10-18(31(33)34)11-20(23)27/h3-11H,13H2,1-2H3,(H,30,32)/b17-7+. The molecule has 0 fully saturated rings. The highest BCUT2D eigenvalue weighted by Crippen LogP contribution is 2.38. The zero-order valence-electron chi connectivity index (χ0n) is 19.0. The molecule has 0 saturated carbocycles. The predicted octanol–water partition coefficient (Wildman–Crippen LogP) is 7.00. The van der Waals surface area contributed by atoms with Crippen molar-refractivity contribution in [3.63, 3.8) is 0 Å². The molecule has 3 aromatic carbocycles. The van der Waals surface area contributed by atoms with E-state index in [0.717, 1.165) is 23.3 Å². The van der Waals surface area contributed by atoms with Crippen LogP contribution in [0.2, 0.25) is 15.1 Å². The van der Waals surface area contributed by atoms with Gasteiger partial charge in [0.1, 0.15) is 18.2 Å². The van der Waals surface area contributed by atoms with Crippen molar-refractivity contribution in [2.24, 2.45) is 0 Å². The van der Waals surface area contributed by atoms with Crippen molar-refractivity contribution in [3.8, 4) is 17.6 Å². The fraction of sp³-hybridized carbons (Fsp3) is 0.120. The number of nitrogens with one attached hydrogen (secondary N) is 1. The largest absolute Gasteiger partial charge is 0.493 e. The third-order valence-corrected chi connectivity index (χ3v) is 5.91. The van der Waals surface area contributed by atoms with Crippen LogP contribution in [-0.4, -0.2) is 17.9 Å². The molecule has 0 spiro atoms. The number of nitriles is 1. The number of halogens is 3. The third-order valence-electron chi connectivity index (χ3n) is 5.04. The fourth-order valence-corrected chi connectivity index (χ4v) is 4.01. The summed E-state index contributed by atoms with van der Waals surface area (Å²) in [7, 11) is 1.44. The van der Waals surface area contributed by atoms with Crippen molar-refractivity contribution in [2.75, 3.05) is 12.4 Å². The monoisotopic (exact) mass is 545 g/mol. The van der Waals surface area contributed by atoms with Gasteiger partial charge < -0.3 is 14.8 Å². The molecule has 0 aromatic heterocycles. The van der Waals surface area contributed by atoms with E-state index in [2.05, 4.69) is 5.32 Å². The average molecular weight is 547 g/mol. The van der Waals surface area contributed by atoms with Gasteiger partial charge >= 0.3 is 0 Å². The van der Waals surface area contributed by atoms with E-state index in [1.165, 1.54) is 19.3 Å². The van der Waals surface area contributed by atoms with Crippen LogP contribution >= 0.6 is 34.8 Å². The lowest BCUT2D eigenvalue weighted by atomic mass is 10.1. The number of hydrogen-bond donors (Lipinski definition) is 1. The van der Waals surface area contributed by atoms with Gasteiger partial charge in [-0.3, -0.25) is 14.9 Å². The first kappa shape index (κ1) is 26.8. The molecular formula is C25H18Cl3N3O5. The molecule has 0 aliphatic carbocycles. The molecule has 1 amide bonds. The quantitative estimate of drug-likeness (QED) is 0.141. The number of nitro benzene ring substituents is 1. The first-order chi connectivity index (χ1) is 17.1. The van der Waals surface area contributed by atoms with E-state index in [9.17, 15) is 20.2 Å². The zero-order valence-corrected chi connectivity index (χ0v) is 21.2. The first-order valence-corrected chi connectivity index (χ1v) is 11.4. The van der Waals surface area contributed by atoms with Crippen LogP contribution in [0.3, 0.4) is 0 Å². The van der Waals surface area contributed by atoms with Gasteiger partial charge in [-0.2, -0.15) is 5.26 Å². The van der Waals surface area contributed by atoms with E-state index in [4.69, 9.17) is 44.3 Å². The number of nitro groups is 1. The van der Waals surface area contributed by atoms with E-state index in [-0.39, 0.29) is 38.6 Å². The molecule has 0 aliphatic rings. The molecule has 0 radical (unpaired) electrons. The fourth-order valence-electron chi connectivity index (χ4n) is 3.17. The van der Waals surface area contributed by atoms with Gasteiger partial charge in [0.25, 0.3) is 11.6 Å². The molecule has 3 rings (SSSR count). The number of nitrogens with zero attached hydrogens (tertiary/aromatic N) is 2. The van der Waals surface area contributed by atoms with Gasteiger partial charge in [0.05, 0.1) is 32.8 Å². The van der Waals surface area contributed by atoms with Crippen LogP contribution in [0.15, 0.2) is 54.1 Å². The van der Waals surface area contributed by atoms with Crippen LogP contribution < -0.4 is 14.8 Å². The highest BCUT2D eigenvalue weighted by Gasteiger charge is 2.19. The summed E-state index contributed by atoms with van der Waals surface area (Å²) < 4.78 is 11.3. The summed E-state index contributed by atoms with van der Waals surface area (Å²) in [5, 5.41) is 22.8. The van der Waals surface area contributed by atoms with Crippen LogP contribution in [0.25, 0.3) is 6.08 Å². The van der Waals surface area contributed by atoms with Gasteiger partial charge in [-0.15, -0.1) is 0 Å². The Balaban J connectivity index is 1.86. The van der Waals surface area contributed by atoms with Crippen LogP contribution in [0.5, 0.6) is 11.5 Å². The molecular weight excluding hydrogens is 529 g/mol. The summed E-state index contributed by atoms with van der Waals surface area (Å²) in [6.07, 6.45) is 1.29. The Bertz CT molecular complexity index is 1390. The lowest BCUT2D eigenvalue weighted by Gasteiger charge is -2.14. The van der Waals surface area contributed by atoms with E-state index >= 15 is 0 Å². The molecule has 0 bridgehead atoms. The highest BCUT2D eigenvalue weighted by atomic mass is 35.5. The van der Waals surface area contributed by atoms with Gasteiger partial charge in [-0.1, -0.05) is 59.1 Å². The van der Waals surface area contributed by atoms with Gasteiger partial charge in [0.15, 0.2) is 11.5 Å². The molecule has 184 valence electrons. The summed E-state index contributed by atoms with van der Waals surface area (Å²) in [6.45, 7) is 2.23. The number of aryl methyl sites for hydroxylation is 1. The number of benzene rings is 3. The van der Waals surface area contributed by atoms with Crippen LogP contribution in [-0.2, 0) is 11.4 Å². The number of hydrogen-bond acceptors (Lipinski definition) is 6. The molecule has 0 saturated heterocycles. The number of carbonyl (C=O) groups excluding carboxylic acids is 1. The second-order valence-electron chi connectivity index (χ2n) is 7.41. The van der Waals surface area contributed by atoms with Gasteiger partial charge in [-0.05, 0) is 41.8 Å². The summed E-state index contributed by atoms with van der Waals surface area (Å²) in [6, 6.07) is 14.7. The van der Waals surface area contributed by atoms with Crippen molar-refractivity contribution in [1.29, 1.82) is 5.26 Å². The van der Waals surface area contributed by atoms with Gasteiger partial charge in [-0.25, -0.2) is 0 Å². The van der Waals surface area contributed by atoms with Crippen molar-refractivity contribution in [1.82, 2.24) is 0 Å². The summed E-state index contributed by atoms with van der Waals surface area (Å²) >= 11 is 18.5. The molecule has 11 heteroatoms. The normalized spacial score (nSPS) is 10.9. The molecule has 0 atom stereocenters. The van der Waals surface area contributed by atoms with E-state index < -0.39 is 10.8 Å². The van der Waals surface area contributed by atoms with Crippen molar-refractivity contribution >= 4 is 58.2 Å². The maximum Gasteiger partial charge on any atom is 0.272 e. The topological polar surface area (TPSA) is 114 Å². The number of rotatable bonds is 8. The Morgan fingerprint density at radius 1 is 1.14 bits per heavy atom. The van der Waals surface area contributed by atoms with Crippen LogP contribution in [0, 0.1) is 28.4 Å². The van der Waals surface area contributed by atoms with Crippen molar-refractivity contribution in [2.45, 2.75) is 13.5 Å².